The average molecular weight is 617 g/mol. The SMILES string of the molecule is CC(=O)O[C@@H]1[C@@H]2[C@H]([C@H](OC(=O)c3ccccc3)[C@H](O)C(C)=C[C@@]34O[C@@]3(C[C@H](C)[C@@H]4OC(=O)c3ccccc3)C(=O)[C@@H]1C)C2(C)C. The molecular weight excluding hydrogens is 576 g/mol. The monoisotopic (exact) mass is 616 g/mol. The molecule has 238 valence electrons. The Morgan fingerprint density at radius 1 is 0.844 bits per heavy atom. The summed E-state index contributed by atoms with van der Waals surface area (Å²) in [5.41, 5.74) is -2.14. The van der Waals surface area contributed by atoms with Crippen LogP contribution in [-0.4, -0.2) is 64.4 Å². The van der Waals surface area contributed by atoms with Gasteiger partial charge in [0.05, 0.1) is 17.0 Å². The normalized spacial score (nSPS) is 37.8. The quantitative estimate of drug-likeness (QED) is 0.220. The van der Waals surface area contributed by atoms with Crippen molar-refractivity contribution in [3.8, 4) is 0 Å². The highest BCUT2D eigenvalue weighted by Gasteiger charge is 2.84. The summed E-state index contributed by atoms with van der Waals surface area (Å²) < 4.78 is 24.4. The van der Waals surface area contributed by atoms with Crippen LogP contribution in [0.5, 0.6) is 0 Å². The van der Waals surface area contributed by atoms with Crippen LogP contribution in [0.3, 0.4) is 0 Å². The van der Waals surface area contributed by atoms with Crippen molar-refractivity contribution in [3.63, 3.8) is 0 Å². The Hall–Kier alpha value is -3.82. The van der Waals surface area contributed by atoms with Crippen LogP contribution in [-0.2, 0) is 28.5 Å². The van der Waals surface area contributed by atoms with Crippen molar-refractivity contribution in [3.05, 3.63) is 83.4 Å². The predicted octanol–water partition coefficient (Wildman–Crippen LogP) is 4.72. The molecule has 0 radical (unpaired) electrons. The van der Waals surface area contributed by atoms with Gasteiger partial charge in [-0.1, -0.05) is 64.1 Å². The number of ether oxygens (including phenoxy) is 4. The zero-order valence-corrected chi connectivity index (χ0v) is 26.4. The molecule has 9 heteroatoms. The van der Waals surface area contributed by atoms with Crippen LogP contribution < -0.4 is 0 Å². The molecule has 0 spiro atoms. The highest BCUT2D eigenvalue weighted by molar-refractivity contribution is 5.96. The highest BCUT2D eigenvalue weighted by Crippen LogP contribution is 2.68. The Morgan fingerprint density at radius 3 is 1.93 bits per heavy atom. The lowest BCUT2D eigenvalue weighted by molar-refractivity contribution is -0.154. The Labute approximate surface area is 262 Å². The van der Waals surface area contributed by atoms with E-state index in [1.165, 1.54) is 6.92 Å². The summed E-state index contributed by atoms with van der Waals surface area (Å²) in [6.45, 7) is 10.6. The number of carbonyl (C=O) groups is 4. The second-order valence-electron chi connectivity index (χ2n) is 13.8. The van der Waals surface area contributed by atoms with Crippen LogP contribution in [0, 0.1) is 29.1 Å². The molecule has 3 aliphatic carbocycles. The Bertz CT molecular complexity index is 1550. The third-order valence-corrected chi connectivity index (χ3v) is 10.5. The minimum absolute atomic E-state index is 0.251. The largest absolute Gasteiger partial charge is 0.461 e. The maximum absolute atomic E-state index is 14.5. The van der Waals surface area contributed by atoms with Crippen LogP contribution in [0.1, 0.15) is 68.7 Å². The molecule has 9 nitrogen and oxygen atoms in total. The summed E-state index contributed by atoms with van der Waals surface area (Å²) in [6, 6.07) is 17.1. The first-order valence-corrected chi connectivity index (χ1v) is 15.6. The predicted molar refractivity (Wildman–Crippen MR) is 162 cm³/mol. The van der Waals surface area contributed by atoms with Gasteiger partial charge in [0, 0.05) is 18.8 Å². The van der Waals surface area contributed by atoms with E-state index in [2.05, 4.69) is 0 Å². The molecule has 45 heavy (non-hydrogen) atoms. The lowest BCUT2D eigenvalue weighted by Crippen LogP contribution is -2.43. The van der Waals surface area contributed by atoms with E-state index in [0.717, 1.165) is 0 Å². The van der Waals surface area contributed by atoms with Crippen molar-refractivity contribution in [1.29, 1.82) is 0 Å². The summed E-state index contributed by atoms with van der Waals surface area (Å²) in [5, 5.41) is 11.9. The smallest absolute Gasteiger partial charge is 0.338 e. The van der Waals surface area contributed by atoms with Gasteiger partial charge < -0.3 is 24.1 Å². The van der Waals surface area contributed by atoms with Gasteiger partial charge in [-0.15, -0.1) is 0 Å². The number of hydrogen-bond donors (Lipinski definition) is 1. The molecule has 0 amide bonds. The average Bonchev–Trinajstić information content (AvgIpc) is 3.81. The molecule has 1 aliphatic heterocycles. The number of aliphatic hydroxyl groups excluding tert-OH is 1. The van der Waals surface area contributed by atoms with Gasteiger partial charge in [0.2, 0.25) is 0 Å². The summed E-state index contributed by atoms with van der Waals surface area (Å²) in [5.74, 6) is -3.84. The number of hydrogen-bond acceptors (Lipinski definition) is 9. The third kappa shape index (κ3) is 4.91. The number of epoxide rings is 1. The van der Waals surface area contributed by atoms with Crippen LogP contribution in [0.4, 0.5) is 0 Å². The Morgan fingerprint density at radius 2 is 1.38 bits per heavy atom. The number of aliphatic hydroxyl groups is 1. The lowest BCUT2D eigenvalue weighted by atomic mass is 9.80. The van der Waals surface area contributed by atoms with Crippen molar-refractivity contribution >= 4 is 23.7 Å². The summed E-state index contributed by atoms with van der Waals surface area (Å²) >= 11 is 0. The second-order valence-corrected chi connectivity index (χ2v) is 13.8. The Kier molecular flexibility index (Phi) is 7.56. The van der Waals surface area contributed by atoms with Crippen LogP contribution in [0.2, 0.25) is 0 Å². The van der Waals surface area contributed by atoms with Gasteiger partial charge in [-0.2, -0.15) is 0 Å². The van der Waals surface area contributed by atoms with E-state index in [-0.39, 0.29) is 18.1 Å². The first-order chi connectivity index (χ1) is 21.2. The minimum Gasteiger partial charge on any atom is -0.461 e. The lowest BCUT2D eigenvalue weighted by Gasteiger charge is -2.28. The zero-order chi connectivity index (χ0) is 32.5. The molecule has 0 unspecified atom stereocenters. The molecule has 10 atom stereocenters. The molecule has 2 saturated carbocycles. The van der Waals surface area contributed by atoms with E-state index in [1.54, 1.807) is 80.6 Å². The second kappa shape index (κ2) is 10.9. The molecule has 6 rings (SSSR count). The maximum Gasteiger partial charge on any atom is 0.338 e. The van der Waals surface area contributed by atoms with Crippen LogP contribution in [0.15, 0.2) is 72.3 Å². The van der Waals surface area contributed by atoms with Gasteiger partial charge in [0.1, 0.15) is 24.4 Å². The molecule has 2 aromatic carbocycles. The van der Waals surface area contributed by atoms with Crippen LogP contribution in [0.25, 0.3) is 0 Å². The first-order valence-electron chi connectivity index (χ1n) is 15.6. The van der Waals surface area contributed by atoms with Gasteiger partial charge in [0.25, 0.3) is 0 Å². The van der Waals surface area contributed by atoms with E-state index in [1.807, 2.05) is 20.8 Å². The van der Waals surface area contributed by atoms with E-state index in [4.69, 9.17) is 18.9 Å². The molecule has 4 aliphatic rings. The van der Waals surface area contributed by atoms with Crippen LogP contribution >= 0.6 is 0 Å². The number of carbonyl (C=O) groups excluding carboxylic acids is 4. The number of Topliss-reactive ketones (excluding diaryl/α,β-unsaturated/α-hetero) is 1. The number of ketones is 1. The van der Waals surface area contributed by atoms with Gasteiger partial charge in [0.15, 0.2) is 17.0 Å². The van der Waals surface area contributed by atoms with E-state index < -0.39 is 76.7 Å². The van der Waals surface area contributed by atoms with Crippen molar-refractivity contribution in [1.82, 2.24) is 0 Å². The molecule has 2 aromatic rings. The topological polar surface area (TPSA) is 129 Å². The van der Waals surface area contributed by atoms with Crippen molar-refractivity contribution in [2.24, 2.45) is 29.1 Å². The van der Waals surface area contributed by atoms with Gasteiger partial charge in [-0.25, -0.2) is 9.59 Å². The molecule has 0 bridgehead atoms. The summed E-state index contributed by atoms with van der Waals surface area (Å²) in [7, 11) is 0. The van der Waals surface area contributed by atoms with Gasteiger partial charge in [-0.05, 0) is 60.6 Å². The number of esters is 3. The first kappa shape index (κ1) is 31.2. The van der Waals surface area contributed by atoms with Crippen molar-refractivity contribution in [2.45, 2.75) is 83.6 Å². The Balaban J connectivity index is 1.44. The fraction of sp³-hybridized carbons (Fsp3) is 0.500. The standard InChI is InChI=1S/C36H40O9/c1-19-17-36-31(44-33(41)24-15-11-8-12-16-24)20(2)18-35(36,45-36)30(39)21(3)28(42-22(4)37)25-26(34(25,5)6)29(27(19)38)43-32(40)23-13-9-7-10-14-23/h7-17,20-21,25-29,31,38H,18H2,1-6H3/t20-,21+,25-,26+,27+,28-,29-,31-,35-,36-/m0/s1. The zero-order valence-electron chi connectivity index (χ0n) is 26.4. The molecule has 1 N–H and O–H groups in total. The van der Waals surface area contributed by atoms with E-state index in [0.29, 0.717) is 16.7 Å². The molecule has 3 fully saturated rings. The van der Waals surface area contributed by atoms with Gasteiger partial charge in [-0.3, -0.25) is 9.59 Å². The number of fused-ring (bicyclic) bond motifs is 1. The molecular formula is C36H40O9. The fourth-order valence-corrected chi connectivity index (χ4v) is 8.22. The molecule has 1 heterocycles. The summed E-state index contributed by atoms with van der Waals surface area (Å²) in [4.78, 5) is 53.6. The number of benzene rings is 2. The summed E-state index contributed by atoms with van der Waals surface area (Å²) in [6.07, 6.45) is -2.05. The number of rotatable bonds is 5. The van der Waals surface area contributed by atoms with Crippen molar-refractivity contribution < 1.29 is 43.2 Å². The highest BCUT2D eigenvalue weighted by atomic mass is 16.7. The molecule has 1 saturated heterocycles. The maximum atomic E-state index is 14.5. The van der Waals surface area contributed by atoms with Gasteiger partial charge >= 0.3 is 17.9 Å². The third-order valence-electron chi connectivity index (χ3n) is 10.5. The molecule has 0 aromatic heterocycles. The van der Waals surface area contributed by atoms with Crippen molar-refractivity contribution in [2.75, 3.05) is 0 Å². The fourth-order valence-electron chi connectivity index (χ4n) is 8.22. The van der Waals surface area contributed by atoms with E-state index >= 15 is 0 Å². The van der Waals surface area contributed by atoms with E-state index in [9.17, 15) is 24.3 Å². The minimum atomic E-state index is -1.36.